The fraction of sp³-hybridized carbons (Fsp3) is 0.143. The maximum absolute atomic E-state index is 12.7. The molecule has 1 aliphatic heterocycles. The molecule has 0 atom stereocenters. The molecule has 0 saturated carbocycles. The van der Waals surface area contributed by atoms with Gasteiger partial charge in [0.05, 0.1) is 11.8 Å². The van der Waals surface area contributed by atoms with Crippen molar-refractivity contribution < 1.29 is 14.0 Å². The van der Waals surface area contributed by atoms with Crippen LogP contribution >= 0.6 is 0 Å². The van der Waals surface area contributed by atoms with Crippen LogP contribution in [0.25, 0.3) is 11.0 Å². The molecule has 130 valence electrons. The summed E-state index contributed by atoms with van der Waals surface area (Å²) in [6.45, 7) is 4.76. The maximum Gasteiger partial charge on any atom is 0.256 e. The standard InChI is InChI=1S/C21H18N2O3/c1-2-20(24)23-10-8-14-6-7-16(12-15(14)13-23)22-21(25)18-4-3-5-19-17(18)9-11-26-19/h2-7,9,11-12H,1,8,10,13H2,(H,22,25). The Morgan fingerprint density at radius 2 is 2.04 bits per heavy atom. The zero-order valence-electron chi connectivity index (χ0n) is 14.2. The van der Waals surface area contributed by atoms with E-state index >= 15 is 0 Å². The molecule has 0 fully saturated rings. The molecule has 2 amide bonds. The fourth-order valence-electron chi connectivity index (χ4n) is 3.34. The first kappa shape index (κ1) is 16.1. The van der Waals surface area contributed by atoms with Gasteiger partial charge in [-0.2, -0.15) is 0 Å². The van der Waals surface area contributed by atoms with Gasteiger partial charge in [-0.15, -0.1) is 0 Å². The summed E-state index contributed by atoms with van der Waals surface area (Å²) in [7, 11) is 0. The SMILES string of the molecule is C=CC(=O)N1CCc2ccc(NC(=O)c3cccc4occc34)cc2C1. The molecule has 0 saturated heterocycles. The number of fused-ring (bicyclic) bond motifs is 2. The van der Waals surface area contributed by atoms with E-state index in [0.29, 0.717) is 29.9 Å². The summed E-state index contributed by atoms with van der Waals surface area (Å²) in [6.07, 6.45) is 3.71. The van der Waals surface area contributed by atoms with Gasteiger partial charge >= 0.3 is 0 Å². The highest BCUT2D eigenvalue weighted by atomic mass is 16.3. The van der Waals surface area contributed by atoms with Gasteiger partial charge in [0.1, 0.15) is 5.58 Å². The average molecular weight is 346 g/mol. The van der Waals surface area contributed by atoms with Crippen LogP contribution in [-0.2, 0) is 17.8 Å². The molecular weight excluding hydrogens is 328 g/mol. The van der Waals surface area contributed by atoms with Gasteiger partial charge in [0.2, 0.25) is 5.91 Å². The monoisotopic (exact) mass is 346 g/mol. The Bertz CT molecular complexity index is 1020. The predicted molar refractivity (Wildman–Crippen MR) is 99.9 cm³/mol. The quantitative estimate of drug-likeness (QED) is 0.735. The Balaban J connectivity index is 1.58. The Kier molecular flexibility index (Phi) is 4.05. The van der Waals surface area contributed by atoms with Crippen molar-refractivity contribution in [1.29, 1.82) is 0 Å². The number of nitrogens with one attached hydrogen (secondary N) is 1. The van der Waals surface area contributed by atoms with Crippen molar-refractivity contribution in [2.45, 2.75) is 13.0 Å². The van der Waals surface area contributed by atoms with E-state index in [0.717, 1.165) is 17.4 Å². The van der Waals surface area contributed by atoms with Gasteiger partial charge in [0.25, 0.3) is 5.91 Å². The molecule has 3 aromatic rings. The van der Waals surface area contributed by atoms with Gasteiger partial charge < -0.3 is 14.6 Å². The van der Waals surface area contributed by atoms with Crippen LogP contribution in [0.2, 0.25) is 0 Å². The summed E-state index contributed by atoms with van der Waals surface area (Å²) in [6, 6.07) is 13.0. The molecule has 2 heterocycles. The molecule has 1 aliphatic rings. The number of carbonyl (C=O) groups excluding carboxylic acids is 2. The predicted octanol–water partition coefficient (Wildman–Crippen LogP) is 3.76. The second kappa shape index (κ2) is 6.52. The van der Waals surface area contributed by atoms with E-state index in [4.69, 9.17) is 4.42 Å². The third kappa shape index (κ3) is 2.88. The summed E-state index contributed by atoms with van der Waals surface area (Å²) in [4.78, 5) is 26.3. The first-order valence-corrected chi connectivity index (χ1v) is 8.46. The van der Waals surface area contributed by atoms with E-state index in [1.165, 1.54) is 11.6 Å². The first-order chi connectivity index (χ1) is 12.7. The van der Waals surface area contributed by atoms with Crippen molar-refractivity contribution in [2.24, 2.45) is 0 Å². The third-order valence-electron chi connectivity index (χ3n) is 4.70. The smallest absolute Gasteiger partial charge is 0.256 e. The van der Waals surface area contributed by atoms with Crippen molar-refractivity contribution in [3.05, 3.63) is 78.1 Å². The van der Waals surface area contributed by atoms with Crippen LogP contribution in [-0.4, -0.2) is 23.3 Å². The second-order valence-electron chi connectivity index (χ2n) is 6.29. The Morgan fingerprint density at radius 1 is 1.15 bits per heavy atom. The lowest BCUT2D eigenvalue weighted by molar-refractivity contribution is -0.126. The summed E-state index contributed by atoms with van der Waals surface area (Å²) >= 11 is 0. The fourth-order valence-corrected chi connectivity index (χ4v) is 3.34. The minimum Gasteiger partial charge on any atom is -0.464 e. The zero-order chi connectivity index (χ0) is 18.1. The lowest BCUT2D eigenvalue weighted by Crippen LogP contribution is -2.34. The van der Waals surface area contributed by atoms with Crippen LogP contribution in [0.4, 0.5) is 5.69 Å². The summed E-state index contributed by atoms with van der Waals surface area (Å²) < 4.78 is 5.35. The van der Waals surface area contributed by atoms with E-state index in [9.17, 15) is 9.59 Å². The highest BCUT2D eigenvalue weighted by molar-refractivity contribution is 6.12. The molecule has 1 N–H and O–H groups in total. The van der Waals surface area contributed by atoms with Crippen LogP contribution in [0.1, 0.15) is 21.5 Å². The number of benzene rings is 2. The van der Waals surface area contributed by atoms with Crippen LogP contribution in [0.15, 0.2) is 65.8 Å². The van der Waals surface area contributed by atoms with Crippen LogP contribution < -0.4 is 5.32 Å². The summed E-state index contributed by atoms with van der Waals surface area (Å²) in [5.41, 5.74) is 4.21. The van der Waals surface area contributed by atoms with Crippen LogP contribution in [0.5, 0.6) is 0 Å². The molecule has 5 heteroatoms. The highest BCUT2D eigenvalue weighted by Gasteiger charge is 2.20. The number of furan rings is 1. The van der Waals surface area contributed by atoms with E-state index in [-0.39, 0.29) is 11.8 Å². The topological polar surface area (TPSA) is 62.6 Å². The Hall–Kier alpha value is -3.34. The van der Waals surface area contributed by atoms with Crippen molar-refractivity contribution in [1.82, 2.24) is 4.90 Å². The molecule has 4 rings (SSSR count). The van der Waals surface area contributed by atoms with Gasteiger partial charge in [-0.25, -0.2) is 0 Å². The van der Waals surface area contributed by atoms with Gasteiger partial charge in [-0.1, -0.05) is 18.7 Å². The van der Waals surface area contributed by atoms with E-state index in [2.05, 4.69) is 11.9 Å². The zero-order valence-corrected chi connectivity index (χ0v) is 14.2. The number of rotatable bonds is 3. The lowest BCUT2D eigenvalue weighted by Gasteiger charge is -2.28. The van der Waals surface area contributed by atoms with Gasteiger partial charge in [0.15, 0.2) is 0 Å². The van der Waals surface area contributed by atoms with Crippen molar-refractivity contribution >= 4 is 28.5 Å². The third-order valence-corrected chi connectivity index (χ3v) is 4.70. The molecule has 0 radical (unpaired) electrons. The number of nitrogens with zero attached hydrogens (tertiary/aromatic N) is 1. The normalized spacial score (nSPS) is 13.3. The van der Waals surface area contributed by atoms with Crippen molar-refractivity contribution in [3.63, 3.8) is 0 Å². The van der Waals surface area contributed by atoms with Crippen molar-refractivity contribution in [2.75, 3.05) is 11.9 Å². The van der Waals surface area contributed by atoms with E-state index in [1.807, 2.05) is 24.3 Å². The van der Waals surface area contributed by atoms with E-state index in [1.54, 1.807) is 29.4 Å². The lowest BCUT2D eigenvalue weighted by atomic mass is 9.99. The molecule has 0 bridgehead atoms. The van der Waals surface area contributed by atoms with Crippen molar-refractivity contribution in [3.8, 4) is 0 Å². The van der Waals surface area contributed by atoms with Gasteiger partial charge in [0, 0.05) is 24.2 Å². The number of hydrogen-bond donors (Lipinski definition) is 1. The molecule has 5 nitrogen and oxygen atoms in total. The second-order valence-corrected chi connectivity index (χ2v) is 6.29. The van der Waals surface area contributed by atoms with Crippen LogP contribution in [0.3, 0.4) is 0 Å². The number of carbonyl (C=O) groups is 2. The molecule has 1 aromatic heterocycles. The molecule has 0 spiro atoms. The molecule has 0 aliphatic carbocycles. The number of amides is 2. The van der Waals surface area contributed by atoms with Gasteiger partial charge in [-0.05, 0) is 54.0 Å². The Morgan fingerprint density at radius 3 is 2.88 bits per heavy atom. The molecule has 26 heavy (non-hydrogen) atoms. The first-order valence-electron chi connectivity index (χ1n) is 8.46. The molecule has 2 aromatic carbocycles. The average Bonchev–Trinajstić information content (AvgIpc) is 3.15. The minimum absolute atomic E-state index is 0.0725. The summed E-state index contributed by atoms with van der Waals surface area (Å²) in [5, 5.41) is 3.73. The number of hydrogen-bond acceptors (Lipinski definition) is 3. The molecular formula is C21H18N2O3. The van der Waals surface area contributed by atoms with Crippen LogP contribution in [0, 0.1) is 0 Å². The maximum atomic E-state index is 12.7. The highest BCUT2D eigenvalue weighted by Crippen LogP contribution is 2.25. The largest absolute Gasteiger partial charge is 0.464 e. The minimum atomic E-state index is -0.188. The van der Waals surface area contributed by atoms with Gasteiger partial charge in [-0.3, -0.25) is 9.59 Å². The Labute approximate surface area is 150 Å². The van der Waals surface area contributed by atoms with E-state index < -0.39 is 0 Å². The number of anilines is 1. The summed E-state index contributed by atoms with van der Waals surface area (Å²) in [5.74, 6) is -0.261. The molecule has 0 unspecified atom stereocenters.